The molecule has 0 saturated heterocycles. The molecule has 0 aliphatic heterocycles. The van der Waals surface area contributed by atoms with E-state index in [0.29, 0.717) is 0 Å². The van der Waals surface area contributed by atoms with Gasteiger partial charge >= 0.3 is 30.2 Å². The van der Waals surface area contributed by atoms with Gasteiger partial charge in [-0.15, -0.1) is 36.1 Å². The maximum atomic E-state index is 12.0. The van der Waals surface area contributed by atoms with Crippen LogP contribution in [0.5, 0.6) is 11.5 Å². The molecule has 0 bridgehead atoms. The van der Waals surface area contributed by atoms with E-state index in [0.717, 1.165) is 6.42 Å². The summed E-state index contributed by atoms with van der Waals surface area (Å²) < 4.78 is 24.0. The van der Waals surface area contributed by atoms with Crippen molar-refractivity contribution in [1.29, 1.82) is 0 Å². The summed E-state index contributed by atoms with van der Waals surface area (Å²) in [7, 11) is 0. The van der Waals surface area contributed by atoms with E-state index < -0.39 is 0 Å². The summed E-state index contributed by atoms with van der Waals surface area (Å²) in [5.41, 5.74) is 0. The Kier molecular flexibility index (Phi) is 20.6. The number of hydrogen-bond acceptors (Lipinski definition) is 2. The summed E-state index contributed by atoms with van der Waals surface area (Å²) in [6.07, 6.45) is 10.0. The zero-order chi connectivity index (χ0) is 23.6. The first-order valence-corrected chi connectivity index (χ1v) is 13.7. The third-order valence-electron chi connectivity index (χ3n) is 3.79. The molecule has 2 N–H and O–H groups in total. The van der Waals surface area contributed by atoms with Crippen molar-refractivity contribution >= 4 is 17.7 Å². The van der Waals surface area contributed by atoms with Crippen molar-refractivity contribution in [3.05, 3.63) is 142 Å². The number of phenolic OH excluding ortho intramolecular Hbond substituents is 2. The van der Waals surface area contributed by atoms with Crippen LogP contribution < -0.4 is 0 Å². The van der Waals surface area contributed by atoms with Crippen LogP contribution in [-0.2, 0) is 23.3 Å². The van der Waals surface area contributed by atoms with Crippen molar-refractivity contribution in [3.8, 4) is 11.5 Å². The molecule has 178 valence electrons. The van der Waals surface area contributed by atoms with Crippen molar-refractivity contribution in [2.45, 2.75) is 6.42 Å². The van der Waals surface area contributed by atoms with E-state index >= 15 is 0 Å². The topological polar surface area (TPSA) is 40.5 Å². The van der Waals surface area contributed by atoms with Crippen LogP contribution in [-0.4, -0.2) is 17.1 Å². The third kappa shape index (κ3) is 15.2. The minimum absolute atomic E-state index is 0. The van der Waals surface area contributed by atoms with E-state index in [9.17, 15) is 8.78 Å². The first-order chi connectivity index (χ1) is 15.5. The zero-order valence-corrected chi connectivity index (χ0v) is 22.7. The average molecular weight is 554 g/mol. The summed E-state index contributed by atoms with van der Waals surface area (Å²) >= 11 is 1.36. The molecule has 5 rings (SSSR count). The fourth-order valence-corrected chi connectivity index (χ4v) is 2.29. The second-order valence-electron chi connectivity index (χ2n) is 6.11. The normalized spacial score (nSPS) is 9.68. The van der Waals surface area contributed by atoms with Crippen molar-refractivity contribution < 1.29 is 42.3 Å². The fourth-order valence-electron chi connectivity index (χ4n) is 2.29. The van der Waals surface area contributed by atoms with E-state index in [1.165, 1.54) is 82.6 Å². The smallest absolute Gasteiger partial charge is 0.0809 e. The molecule has 34 heavy (non-hydrogen) atoms. The SMILES string of the molecule is Oc1ccc(F)cc1.Oc1ccc(F)cc1.[C-]1=CC=CC1.[CH3-].[CH3-].[Si]=[Zr].c1ccc2[cH-]ccc2c1. The maximum Gasteiger partial charge on any atom is -0.0809 e. The van der Waals surface area contributed by atoms with Crippen LogP contribution in [0.3, 0.4) is 0 Å². The van der Waals surface area contributed by atoms with Crippen molar-refractivity contribution in [2.75, 3.05) is 0 Å². The molecule has 0 atom stereocenters. The van der Waals surface area contributed by atoms with Crippen LogP contribution in [0.4, 0.5) is 8.78 Å². The minimum atomic E-state index is -0.331. The average Bonchev–Trinajstić information content (AvgIpc) is 3.55. The molecule has 1 aliphatic rings. The van der Waals surface area contributed by atoms with Gasteiger partial charge in [-0.05, 0) is 48.5 Å². The summed E-state index contributed by atoms with van der Waals surface area (Å²) in [5.74, 6) is -0.483. The Bertz CT molecular complexity index is 950. The molecule has 0 amide bonds. The van der Waals surface area contributed by atoms with Gasteiger partial charge in [0.2, 0.25) is 0 Å². The van der Waals surface area contributed by atoms with Crippen molar-refractivity contribution in [1.82, 2.24) is 0 Å². The second-order valence-corrected chi connectivity index (χ2v) is 6.11. The molecule has 2 nitrogen and oxygen atoms in total. The van der Waals surface area contributed by atoms with Crippen LogP contribution in [0.2, 0.25) is 0 Å². The maximum absolute atomic E-state index is 12.0. The van der Waals surface area contributed by atoms with Crippen LogP contribution in [0.15, 0.2) is 109 Å². The molecule has 2 radical (unpaired) electrons. The van der Waals surface area contributed by atoms with Crippen molar-refractivity contribution in [3.63, 3.8) is 0 Å². The van der Waals surface area contributed by atoms with E-state index in [1.807, 2.05) is 12.2 Å². The molecule has 0 saturated carbocycles. The van der Waals surface area contributed by atoms with Crippen LogP contribution in [0.25, 0.3) is 10.8 Å². The quantitative estimate of drug-likeness (QED) is 0.175. The van der Waals surface area contributed by atoms with Gasteiger partial charge in [0, 0.05) is 0 Å². The van der Waals surface area contributed by atoms with Gasteiger partial charge in [0.1, 0.15) is 23.1 Å². The number of fused-ring (bicyclic) bond motifs is 1. The summed E-state index contributed by atoms with van der Waals surface area (Å²) in [4.78, 5) is 0. The van der Waals surface area contributed by atoms with Gasteiger partial charge in [-0.1, -0.05) is 6.07 Å². The summed E-state index contributed by atoms with van der Waals surface area (Å²) in [5, 5.41) is 19.8. The molecule has 6 heteroatoms. The number of benzene rings is 3. The first kappa shape index (κ1) is 33.5. The number of phenols is 2. The van der Waals surface area contributed by atoms with Crippen LogP contribution >= 0.6 is 0 Å². The predicted octanol–water partition coefficient (Wildman–Crippen LogP) is 7.44. The fraction of sp³-hybridized carbons (Fsp3) is 0.0357. The molecule has 0 aromatic heterocycles. The van der Waals surface area contributed by atoms with E-state index in [4.69, 9.17) is 10.2 Å². The van der Waals surface area contributed by atoms with Gasteiger partial charge < -0.3 is 25.1 Å². The Morgan fingerprint density at radius 2 is 1.26 bits per heavy atom. The molecule has 4 aromatic rings. The van der Waals surface area contributed by atoms with Crippen molar-refractivity contribution in [2.24, 2.45) is 0 Å². The molecule has 0 fully saturated rings. The number of hydrogen-bond donors (Lipinski definition) is 2. The monoisotopic (exact) mass is 552 g/mol. The molecular formula is C28H28F2O2SiZr-4. The van der Waals surface area contributed by atoms with Gasteiger partial charge in [-0.25, -0.2) is 20.9 Å². The van der Waals surface area contributed by atoms with E-state index in [1.54, 1.807) is 0 Å². The number of aromatic hydroxyl groups is 2. The van der Waals surface area contributed by atoms with Gasteiger partial charge in [0.25, 0.3) is 0 Å². The van der Waals surface area contributed by atoms with Gasteiger partial charge in [-0.2, -0.15) is 23.6 Å². The van der Waals surface area contributed by atoms with E-state index in [-0.39, 0.29) is 38.0 Å². The van der Waals surface area contributed by atoms with Gasteiger partial charge in [0.15, 0.2) is 0 Å². The summed E-state index contributed by atoms with van der Waals surface area (Å²) in [6.45, 7) is 3.06. The Morgan fingerprint density at radius 1 is 0.765 bits per heavy atom. The number of allylic oxidation sites excluding steroid dienone is 4. The molecular weight excluding hydrogens is 526 g/mol. The zero-order valence-electron chi connectivity index (χ0n) is 19.2. The van der Waals surface area contributed by atoms with E-state index in [2.05, 4.69) is 61.5 Å². The van der Waals surface area contributed by atoms with Crippen LogP contribution in [0, 0.1) is 32.6 Å². The number of rotatable bonds is 0. The minimum Gasteiger partial charge on any atom is -0.168 e. The second kappa shape index (κ2) is 20.9. The number of halogens is 2. The van der Waals surface area contributed by atoms with Gasteiger partial charge in [0.05, 0.1) is 0 Å². The molecule has 0 unspecified atom stereocenters. The molecule has 4 aromatic carbocycles. The predicted molar refractivity (Wildman–Crippen MR) is 136 cm³/mol. The molecule has 0 spiro atoms. The standard InChI is InChI=1S/C9H7.2C6H5FO.C5H5.2CH3.Si.Zr/c1-2-5-9-7-3-6-8(9)4-1;2*7-5-1-3-6(8)4-2-5;1-2-4-5-3-1;;;;/h1-7H;2*1-4,8H;1-3H,4H2;2*1H3;;/q-1;;;3*-1;;. The Morgan fingerprint density at radius 3 is 1.62 bits per heavy atom. The summed E-state index contributed by atoms with van der Waals surface area (Å²) in [6, 6.07) is 24.7. The Hall–Kier alpha value is -2.69. The molecule has 0 heterocycles. The van der Waals surface area contributed by atoms with Crippen LogP contribution in [0.1, 0.15) is 6.42 Å². The third-order valence-corrected chi connectivity index (χ3v) is 3.79. The van der Waals surface area contributed by atoms with Gasteiger partial charge in [-0.3, -0.25) is 6.08 Å². The molecule has 1 aliphatic carbocycles. The first-order valence-electron chi connectivity index (χ1n) is 9.51. The Balaban J connectivity index is 0. The Labute approximate surface area is 218 Å². The largest absolute Gasteiger partial charge is 0.168 e.